The largest absolute Gasteiger partial charge is 0.476 e. The molecule has 2 N–H and O–H groups in total. The molecular weight excluding hydrogens is 274 g/mol. The van der Waals surface area contributed by atoms with Crippen LogP contribution >= 0.6 is 0 Å². The number of aryl methyl sites for hydroxylation is 1. The van der Waals surface area contributed by atoms with Crippen LogP contribution in [0.25, 0.3) is 0 Å². The number of carboxylic acids is 1. The van der Waals surface area contributed by atoms with Gasteiger partial charge < -0.3 is 10.4 Å². The lowest BCUT2D eigenvalue weighted by Gasteiger charge is -2.12. The number of carbonyl (C=O) groups is 2. The Morgan fingerprint density at radius 2 is 2.24 bits per heavy atom. The van der Waals surface area contributed by atoms with E-state index in [2.05, 4.69) is 15.5 Å². The minimum atomic E-state index is -1.12. The highest BCUT2D eigenvalue weighted by molar-refractivity contribution is 5.85. The molecule has 2 aromatic heterocycles. The Bertz CT molecular complexity index is 646. The van der Waals surface area contributed by atoms with Gasteiger partial charge in [-0.1, -0.05) is 0 Å². The molecule has 2 heterocycles. The number of amides is 1. The first-order valence-corrected chi connectivity index (χ1v) is 6.58. The van der Waals surface area contributed by atoms with Crippen LogP contribution in [0.15, 0.2) is 24.7 Å². The summed E-state index contributed by atoms with van der Waals surface area (Å²) >= 11 is 0. The Balaban J connectivity index is 1.94. The number of hydrogen-bond donors (Lipinski definition) is 2. The number of carbonyl (C=O) groups excluding carboxylic acids is 1. The van der Waals surface area contributed by atoms with Crippen LogP contribution in [-0.4, -0.2) is 36.5 Å². The molecule has 0 aliphatic carbocycles. The highest BCUT2D eigenvalue weighted by Gasteiger charge is 2.17. The van der Waals surface area contributed by atoms with Gasteiger partial charge in [-0.15, -0.1) is 0 Å². The standard InChI is InChI=1S/C13H17N5O3/c1-3-17-8-10(7-15-17)6-14-12(19)9(2)18-5-4-11(16-18)13(20)21/h4-5,7-9H,3,6H2,1-2H3,(H,14,19)(H,20,21). The van der Waals surface area contributed by atoms with Gasteiger partial charge in [0, 0.05) is 31.0 Å². The third-order valence-corrected chi connectivity index (χ3v) is 3.08. The number of aromatic carboxylic acids is 1. The summed E-state index contributed by atoms with van der Waals surface area (Å²) in [6, 6.07) is 0.775. The lowest BCUT2D eigenvalue weighted by Crippen LogP contribution is -2.30. The van der Waals surface area contributed by atoms with E-state index in [1.807, 2.05) is 13.1 Å². The minimum Gasteiger partial charge on any atom is -0.476 e. The summed E-state index contributed by atoms with van der Waals surface area (Å²) < 4.78 is 3.10. The molecule has 0 fully saturated rings. The molecular formula is C13H17N5O3. The van der Waals surface area contributed by atoms with E-state index < -0.39 is 12.0 Å². The smallest absolute Gasteiger partial charge is 0.356 e. The Kier molecular flexibility index (Phi) is 4.36. The number of nitrogens with zero attached hydrogens (tertiary/aromatic N) is 4. The van der Waals surface area contributed by atoms with Crippen LogP contribution in [0.1, 0.15) is 35.9 Å². The Labute approximate surface area is 121 Å². The van der Waals surface area contributed by atoms with Gasteiger partial charge >= 0.3 is 5.97 Å². The van der Waals surface area contributed by atoms with Gasteiger partial charge in [-0.05, 0) is 19.9 Å². The van der Waals surface area contributed by atoms with Crippen LogP contribution in [0.3, 0.4) is 0 Å². The van der Waals surface area contributed by atoms with Crippen molar-refractivity contribution in [1.29, 1.82) is 0 Å². The van der Waals surface area contributed by atoms with Gasteiger partial charge in [-0.2, -0.15) is 10.2 Å². The summed E-state index contributed by atoms with van der Waals surface area (Å²) in [5, 5.41) is 19.5. The molecule has 8 nitrogen and oxygen atoms in total. The van der Waals surface area contributed by atoms with Crippen molar-refractivity contribution in [2.24, 2.45) is 0 Å². The summed E-state index contributed by atoms with van der Waals surface area (Å²) in [5.74, 6) is -1.35. The van der Waals surface area contributed by atoms with Gasteiger partial charge in [0.1, 0.15) is 6.04 Å². The number of nitrogens with one attached hydrogen (secondary N) is 1. The van der Waals surface area contributed by atoms with E-state index in [4.69, 9.17) is 5.11 Å². The topological polar surface area (TPSA) is 102 Å². The quantitative estimate of drug-likeness (QED) is 0.814. The zero-order valence-corrected chi connectivity index (χ0v) is 11.9. The van der Waals surface area contributed by atoms with Crippen molar-refractivity contribution in [2.75, 3.05) is 0 Å². The van der Waals surface area contributed by atoms with E-state index in [9.17, 15) is 9.59 Å². The molecule has 0 aliphatic heterocycles. The molecule has 2 rings (SSSR count). The molecule has 1 atom stereocenters. The average molecular weight is 291 g/mol. The van der Waals surface area contributed by atoms with Crippen molar-refractivity contribution in [3.05, 3.63) is 35.9 Å². The number of rotatable bonds is 6. The van der Waals surface area contributed by atoms with Gasteiger partial charge in [0.2, 0.25) is 5.91 Å². The number of hydrogen-bond acceptors (Lipinski definition) is 4. The lowest BCUT2D eigenvalue weighted by atomic mass is 10.3. The molecule has 0 aromatic carbocycles. The molecule has 1 amide bonds. The van der Waals surface area contributed by atoms with Crippen LogP contribution in [0.4, 0.5) is 0 Å². The summed E-state index contributed by atoms with van der Waals surface area (Å²) in [6.07, 6.45) is 5.04. The lowest BCUT2D eigenvalue weighted by molar-refractivity contribution is -0.124. The Morgan fingerprint density at radius 3 is 2.81 bits per heavy atom. The summed E-state index contributed by atoms with van der Waals surface area (Å²) in [6.45, 7) is 4.78. The van der Waals surface area contributed by atoms with Crippen LogP contribution in [-0.2, 0) is 17.9 Å². The van der Waals surface area contributed by atoms with Crippen LogP contribution in [0, 0.1) is 0 Å². The van der Waals surface area contributed by atoms with Gasteiger partial charge in [0.05, 0.1) is 6.20 Å². The third kappa shape index (κ3) is 3.47. The summed E-state index contributed by atoms with van der Waals surface area (Å²) in [4.78, 5) is 22.8. The van der Waals surface area contributed by atoms with Gasteiger partial charge in [0.15, 0.2) is 5.69 Å². The third-order valence-electron chi connectivity index (χ3n) is 3.08. The zero-order chi connectivity index (χ0) is 15.4. The average Bonchev–Trinajstić information content (AvgIpc) is 3.12. The predicted molar refractivity (Wildman–Crippen MR) is 73.6 cm³/mol. The maximum absolute atomic E-state index is 12.0. The minimum absolute atomic E-state index is 0.0844. The molecule has 0 spiro atoms. The first-order valence-electron chi connectivity index (χ1n) is 6.58. The molecule has 1 unspecified atom stereocenters. The predicted octanol–water partition coefficient (Wildman–Crippen LogP) is 0.675. The molecule has 112 valence electrons. The second kappa shape index (κ2) is 6.21. The molecule has 0 saturated carbocycles. The normalized spacial score (nSPS) is 12.1. The summed E-state index contributed by atoms with van der Waals surface area (Å²) in [7, 11) is 0. The van der Waals surface area contributed by atoms with Gasteiger partial charge in [-0.25, -0.2) is 4.79 Å². The van der Waals surface area contributed by atoms with E-state index in [0.29, 0.717) is 6.54 Å². The molecule has 0 aliphatic rings. The highest BCUT2D eigenvalue weighted by atomic mass is 16.4. The van der Waals surface area contributed by atoms with Crippen LogP contribution in [0.2, 0.25) is 0 Å². The molecule has 8 heteroatoms. The summed E-state index contributed by atoms with van der Waals surface area (Å²) in [5.41, 5.74) is 0.822. The first kappa shape index (κ1) is 14.8. The van der Waals surface area contributed by atoms with E-state index in [1.54, 1.807) is 17.8 Å². The van der Waals surface area contributed by atoms with Gasteiger partial charge in [0.25, 0.3) is 0 Å². The Hall–Kier alpha value is -2.64. The SMILES string of the molecule is CCn1cc(CNC(=O)C(C)n2ccc(C(=O)O)n2)cn1. The van der Waals surface area contributed by atoms with Crippen molar-refractivity contribution in [3.63, 3.8) is 0 Å². The van der Waals surface area contributed by atoms with Gasteiger partial charge in [-0.3, -0.25) is 14.2 Å². The fourth-order valence-corrected chi connectivity index (χ4v) is 1.80. The Morgan fingerprint density at radius 1 is 1.48 bits per heavy atom. The second-order valence-corrected chi connectivity index (χ2v) is 4.58. The monoisotopic (exact) mass is 291 g/mol. The molecule has 21 heavy (non-hydrogen) atoms. The van der Waals surface area contributed by atoms with E-state index in [1.165, 1.54) is 16.9 Å². The number of carboxylic acid groups (broad SMARTS) is 1. The molecule has 0 radical (unpaired) electrons. The number of aromatic nitrogens is 4. The molecule has 2 aromatic rings. The van der Waals surface area contributed by atoms with Crippen molar-refractivity contribution < 1.29 is 14.7 Å². The fraction of sp³-hybridized carbons (Fsp3) is 0.385. The van der Waals surface area contributed by atoms with Crippen LogP contribution in [0.5, 0.6) is 0 Å². The van der Waals surface area contributed by atoms with Crippen molar-refractivity contribution in [3.8, 4) is 0 Å². The maximum Gasteiger partial charge on any atom is 0.356 e. The van der Waals surface area contributed by atoms with E-state index >= 15 is 0 Å². The van der Waals surface area contributed by atoms with E-state index in [0.717, 1.165) is 12.1 Å². The van der Waals surface area contributed by atoms with Crippen LogP contribution < -0.4 is 5.32 Å². The van der Waals surface area contributed by atoms with Crippen molar-refractivity contribution >= 4 is 11.9 Å². The molecule has 0 bridgehead atoms. The van der Waals surface area contributed by atoms with Crippen molar-refractivity contribution in [2.45, 2.75) is 33.0 Å². The fourth-order valence-electron chi connectivity index (χ4n) is 1.80. The first-order chi connectivity index (χ1) is 10.0. The van der Waals surface area contributed by atoms with Crippen molar-refractivity contribution in [1.82, 2.24) is 24.9 Å². The maximum atomic E-state index is 12.0. The van der Waals surface area contributed by atoms with E-state index in [-0.39, 0.29) is 11.6 Å². The molecule has 0 saturated heterocycles. The highest BCUT2D eigenvalue weighted by Crippen LogP contribution is 2.07. The zero-order valence-electron chi connectivity index (χ0n) is 11.9. The second-order valence-electron chi connectivity index (χ2n) is 4.58.